The van der Waals surface area contributed by atoms with Crippen molar-refractivity contribution in [2.24, 2.45) is 0 Å². The van der Waals surface area contributed by atoms with Gasteiger partial charge in [-0.3, -0.25) is 4.90 Å². The maximum absolute atomic E-state index is 13.7. The summed E-state index contributed by atoms with van der Waals surface area (Å²) in [6, 6.07) is 6.23. The number of carbonyl (C=O) groups is 1. The molecule has 0 radical (unpaired) electrons. The Kier molecular flexibility index (Phi) is 7.73. The van der Waals surface area contributed by atoms with Gasteiger partial charge in [0.2, 0.25) is 0 Å². The van der Waals surface area contributed by atoms with Crippen LogP contribution in [-0.2, 0) is 17.8 Å². The van der Waals surface area contributed by atoms with Gasteiger partial charge in [0.25, 0.3) is 0 Å². The van der Waals surface area contributed by atoms with Gasteiger partial charge in [0, 0.05) is 31.3 Å². The van der Waals surface area contributed by atoms with Crippen LogP contribution in [0.15, 0.2) is 36.4 Å². The van der Waals surface area contributed by atoms with Crippen LogP contribution in [0, 0.1) is 11.6 Å². The highest BCUT2D eigenvalue weighted by Gasteiger charge is 2.29. The Morgan fingerprint density at radius 3 is 2.16 bits per heavy atom. The molecule has 1 aliphatic rings. The topological polar surface area (TPSA) is 81.0 Å². The first-order chi connectivity index (χ1) is 14.3. The lowest BCUT2D eigenvalue weighted by molar-refractivity contribution is -0.131. The number of aliphatic carboxylic acids is 1. The normalized spacial score (nSPS) is 16.5. The first kappa shape index (κ1) is 24.3. The third-order valence-corrected chi connectivity index (χ3v) is 4.69. The van der Waals surface area contributed by atoms with Crippen LogP contribution in [0.2, 0.25) is 0 Å². The molecule has 1 heterocycles. The van der Waals surface area contributed by atoms with E-state index in [0.29, 0.717) is 13.1 Å². The van der Waals surface area contributed by atoms with Crippen molar-refractivity contribution < 1.29 is 33.3 Å². The van der Waals surface area contributed by atoms with Crippen molar-refractivity contribution >= 4 is 12.0 Å². The van der Waals surface area contributed by atoms with E-state index in [1.807, 2.05) is 0 Å². The number of benzene rings is 2. The van der Waals surface area contributed by atoms with E-state index in [4.69, 9.17) is 5.11 Å². The van der Waals surface area contributed by atoms with Crippen molar-refractivity contribution in [1.82, 2.24) is 4.90 Å². The van der Waals surface area contributed by atoms with E-state index in [2.05, 4.69) is 11.8 Å². The summed E-state index contributed by atoms with van der Waals surface area (Å²) >= 11 is 0. The number of aromatic hydroxyl groups is 2. The molecule has 5 nitrogen and oxygen atoms in total. The third-order valence-electron chi connectivity index (χ3n) is 4.69. The van der Waals surface area contributed by atoms with Crippen LogP contribution in [0.25, 0.3) is 6.08 Å². The standard InChI is InChI=1S/C14H20FNO2.C9H6F2O2/c1-9-4-10-5-12(17)13(18)6-11(10)7-16(9)8-14(2,3)15;10-7-3-6(1-2-9(12)13)4-8(11)5-7/h5-6,9,17-18H,4,7-8H2,1-3H3;1-5H,(H,12,13)/b;2-1+. The molecule has 0 saturated heterocycles. The van der Waals surface area contributed by atoms with Crippen LogP contribution >= 0.6 is 0 Å². The molecule has 1 aliphatic heterocycles. The van der Waals surface area contributed by atoms with Crippen molar-refractivity contribution in [2.75, 3.05) is 6.54 Å². The van der Waals surface area contributed by atoms with Crippen LogP contribution in [0.3, 0.4) is 0 Å². The van der Waals surface area contributed by atoms with Gasteiger partial charge in [0.1, 0.15) is 17.3 Å². The van der Waals surface area contributed by atoms with Crippen molar-refractivity contribution in [2.45, 2.75) is 45.4 Å². The van der Waals surface area contributed by atoms with E-state index in [0.717, 1.165) is 47.9 Å². The Hall–Kier alpha value is -3.00. The number of hydrogen-bond acceptors (Lipinski definition) is 4. The fraction of sp³-hybridized carbons (Fsp3) is 0.348. The van der Waals surface area contributed by atoms with Gasteiger partial charge < -0.3 is 15.3 Å². The lowest BCUT2D eigenvalue weighted by Gasteiger charge is -2.37. The van der Waals surface area contributed by atoms with Crippen LogP contribution in [-0.4, -0.2) is 44.4 Å². The van der Waals surface area contributed by atoms with Gasteiger partial charge in [-0.2, -0.15) is 0 Å². The second-order valence-electron chi connectivity index (χ2n) is 8.16. The Morgan fingerprint density at radius 1 is 1.10 bits per heavy atom. The van der Waals surface area contributed by atoms with Gasteiger partial charge in [-0.05, 0) is 74.2 Å². The number of rotatable bonds is 4. The molecule has 1 unspecified atom stereocenters. The van der Waals surface area contributed by atoms with Crippen molar-refractivity contribution in [3.8, 4) is 11.5 Å². The molecule has 0 bridgehead atoms. The van der Waals surface area contributed by atoms with E-state index in [1.165, 1.54) is 0 Å². The maximum atomic E-state index is 13.7. The smallest absolute Gasteiger partial charge is 0.328 e. The monoisotopic (exact) mass is 437 g/mol. The average molecular weight is 437 g/mol. The second-order valence-corrected chi connectivity index (χ2v) is 8.16. The molecule has 1 atom stereocenters. The first-order valence-electron chi connectivity index (χ1n) is 9.68. The summed E-state index contributed by atoms with van der Waals surface area (Å²) in [5, 5.41) is 27.2. The first-order valence-corrected chi connectivity index (χ1v) is 9.68. The molecule has 31 heavy (non-hydrogen) atoms. The fourth-order valence-electron chi connectivity index (χ4n) is 3.36. The maximum Gasteiger partial charge on any atom is 0.328 e. The van der Waals surface area contributed by atoms with Gasteiger partial charge >= 0.3 is 5.97 Å². The molecule has 2 aromatic carbocycles. The van der Waals surface area contributed by atoms with Crippen LogP contribution in [0.5, 0.6) is 11.5 Å². The lowest BCUT2D eigenvalue weighted by Crippen LogP contribution is -2.44. The quantitative estimate of drug-likeness (QED) is 0.479. The molecule has 2 aromatic rings. The molecule has 0 spiro atoms. The number of alkyl halides is 1. The second kappa shape index (κ2) is 9.87. The molecular weight excluding hydrogens is 411 g/mol. The predicted molar refractivity (Wildman–Crippen MR) is 112 cm³/mol. The summed E-state index contributed by atoms with van der Waals surface area (Å²) in [6.45, 7) is 6.18. The molecule has 8 heteroatoms. The molecular formula is C23H26F3NO4. The number of carboxylic acids is 1. The summed E-state index contributed by atoms with van der Waals surface area (Å²) in [5.41, 5.74) is 0.948. The lowest BCUT2D eigenvalue weighted by atomic mass is 9.93. The molecule has 3 rings (SSSR count). The Balaban J connectivity index is 0.000000233. The number of halogens is 3. The number of hydrogen-bond donors (Lipinski definition) is 3. The van der Waals surface area contributed by atoms with Crippen molar-refractivity contribution in [3.05, 3.63) is 64.7 Å². The zero-order valence-electron chi connectivity index (χ0n) is 17.6. The highest BCUT2D eigenvalue weighted by atomic mass is 19.1. The molecule has 0 aliphatic carbocycles. The molecule has 3 N–H and O–H groups in total. The fourth-order valence-corrected chi connectivity index (χ4v) is 3.36. The Bertz CT molecular complexity index is 950. The minimum atomic E-state index is -1.23. The molecule has 0 fully saturated rings. The summed E-state index contributed by atoms with van der Waals surface area (Å²) in [4.78, 5) is 12.1. The van der Waals surface area contributed by atoms with E-state index < -0.39 is 23.3 Å². The zero-order chi connectivity index (χ0) is 23.3. The van der Waals surface area contributed by atoms with Gasteiger partial charge in [-0.1, -0.05) is 0 Å². The van der Waals surface area contributed by atoms with E-state index in [9.17, 15) is 28.2 Å². The zero-order valence-corrected chi connectivity index (χ0v) is 17.6. The van der Waals surface area contributed by atoms with E-state index >= 15 is 0 Å². The largest absolute Gasteiger partial charge is 0.504 e. The van der Waals surface area contributed by atoms with Crippen molar-refractivity contribution in [1.29, 1.82) is 0 Å². The number of fused-ring (bicyclic) bond motifs is 1. The van der Waals surface area contributed by atoms with Crippen LogP contribution in [0.4, 0.5) is 13.2 Å². The Morgan fingerprint density at radius 2 is 1.65 bits per heavy atom. The molecule has 168 valence electrons. The van der Waals surface area contributed by atoms with Gasteiger partial charge in [0.15, 0.2) is 11.5 Å². The summed E-state index contributed by atoms with van der Waals surface area (Å²) < 4.78 is 38.8. The highest BCUT2D eigenvalue weighted by Crippen LogP contribution is 2.33. The number of phenols is 2. The third kappa shape index (κ3) is 7.64. The van der Waals surface area contributed by atoms with Gasteiger partial charge in [0.05, 0.1) is 0 Å². The van der Waals surface area contributed by atoms with Crippen LogP contribution in [0.1, 0.15) is 37.5 Å². The summed E-state index contributed by atoms with van der Waals surface area (Å²) in [5.74, 6) is -2.82. The van der Waals surface area contributed by atoms with Crippen LogP contribution < -0.4 is 0 Å². The molecule has 0 aromatic heterocycles. The highest BCUT2D eigenvalue weighted by molar-refractivity contribution is 5.85. The Labute approximate surface area is 179 Å². The minimum absolute atomic E-state index is 0.0831. The number of phenolic OH excluding ortho intramolecular Hbond substituents is 2. The van der Waals surface area contributed by atoms with Gasteiger partial charge in [-0.25, -0.2) is 18.0 Å². The molecule has 0 amide bonds. The van der Waals surface area contributed by atoms with Crippen molar-refractivity contribution in [3.63, 3.8) is 0 Å². The molecule has 0 saturated carbocycles. The number of nitrogens with zero attached hydrogens (tertiary/aromatic N) is 1. The SMILES string of the molecule is CC1Cc2cc(O)c(O)cc2CN1CC(C)(C)F.O=C(O)/C=C/c1cc(F)cc(F)c1. The minimum Gasteiger partial charge on any atom is -0.504 e. The predicted octanol–water partition coefficient (Wildman–Crippen LogP) is 4.66. The van der Waals surface area contributed by atoms with E-state index in [1.54, 1.807) is 26.0 Å². The summed E-state index contributed by atoms with van der Waals surface area (Å²) in [6.07, 6.45) is 2.70. The summed E-state index contributed by atoms with van der Waals surface area (Å²) in [7, 11) is 0. The van der Waals surface area contributed by atoms with E-state index in [-0.39, 0.29) is 23.1 Å². The van der Waals surface area contributed by atoms with Gasteiger partial charge in [-0.15, -0.1) is 0 Å². The number of carboxylic acid groups (broad SMARTS) is 1. The average Bonchev–Trinajstić information content (AvgIpc) is 2.61.